The van der Waals surface area contributed by atoms with Gasteiger partial charge in [0.25, 0.3) is 0 Å². The highest BCUT2D eigenvalue weighted by molar-refractivity contribution is 9.11. The molecule has 0 nitrogen and oxygen atoms in total. The molecule has 0 fully saturated rings. The van der Waals surface area contributed by atoms with E-state index in [2.05, 4.69) is 108 Å². The normalized spacial score (nSPS) is 12.7. The van der Waals surface area contributed by atoms with E-state index in [0.29, 0.717) is 0 Å². The van der Waals surface area contributed by atoms with Crippen molar-refractivity contribution in [1.29, 1.82) is 0 Å². The smallest absolute Gasteiger partial charge is 0.0919 e. The highest BCUT2D eigenvalue weighted by Crippen LogP contribution is 2.43. The van der Waals surface area contributed by atoms with Gasteiger partial charge in [-0.2, -0.15) is 0 Å². The summed E-state index contributed by atoms with van der Waals surface area (Å²) in [7, 11) is -2.64. The van der Waals surface area contributed by atoms with Crippen molar-refractivity contribution in [2.24, 2.45) is 0 Å². The van der Waals surface area contributed by atoms with E-state index < -0.39 is 16.1 Å². The molecular formula is C22H24Br2S4Si2. The first-order chi connectivity index (χ1) is 13.9. The summed E-state index contributed by atoms with van der Waals surface area (Å²) < 4.78 is 5.67. The first-order valence-corrected chi connectivity index (χ1v) is 21.6. The zero-order chi connectivity index (χ0) is 21.8. The summed E-state index contributed by atoms with van der Waals surface area (Å²) in [6, 6.07) is 13.8. The second-order valence-corrected chi connectivity index (χ2v) is 26.1. The van der Waals surface area contributed by atoms with Crippen molar-refractivity contribution in [3.05, 3.63) is 45.3 Å². The lowest BCUT2D eigenvalue weighted by molar-refractivity contribution is 1.76. The summed E-state index contributed by atoms with van der Waals surface area (Å²) in [6.45, 7) is 14.5. The highest BCUT2D eigenvalue weighted by Gasteiger charge is 2.25. The minimum absolute atomic E-state index is 1.29. The molecule has 0 spiro atoms. The number of hydrogen-bond donors (Lipinski definition) is 0. The minimum atomic E-state index is -1.32. The van der Waals surface area contributed by atoms with Gasteiger partial charge in [0, 0.05) is 47.2 Å². The van der Waals surface area contributed by atoms with Gasteiger partial charge in [0.1, 0.15) is 0 Å². The van der Waals surface area contributed by atoms with E-state index in [4.69, 9.17) is 0 Å². The molecule has 0 saturated carbocycles. The van der Waals surface area contributed by atoms with Crippen LogP contribution in [0.4, 0.5) is 0 Å². The zero-order valence-corrected chi connectivity index (χ0v) is 26.3. The number of thiophene rings is 4. The molecule has 0 aliphatic carbocycles. The first kappa shape index (κ1) is 23.4. The van der Waals surface area contributed by atoms with Crippen molar-refractivity contribution in [2.45, 2.75) is 39.3 Å². The lowest BCUT2D eigenvalue weighted by atomic mass is 10.3. The molecule has 4 aromatic rings. The summed E-state index contributed by atoms with van der Waals surface area (Å²) >= 11 is 15.4. The number of hydrogen-bond acceptors (Lipinski definition) is 4. The van der Waals surface area contributed by atoms with Gasteiger partial charge in [-0.3, -0.25) is 0 Å². The van der Waals surface area contributed by atoms with E-state index in [1.807, 2.05) is 45.3 Å². The molecule has 0 aromatic carbocycles. The van der Waals surface area contributed by atoms with Crippen LogP contribution in [0.25, 0.3) is 29.3 Å². The van der Waals surface area contributed by atoms with Crippen molar-refractivity contribution in [2.75, 3.05) is 0 Å². The van der Waals surface area contributed by atoms with Crippen LogP contribution in [0.15, 0.2) is 45.3 Å². The van der Waals surface area contributed by atoms with Crippen LogP contribution in [0.2, 0.25) is 39.3 Å². The molecule has 0 N–H and O–H groups in total. The van der Waals surface area contributed by atoms with Crippen LogP contribution in [-0.2, 0) is 0 Å². The quantitative estimate of drug-likeness (QED) is 0.192. The van der Waals surface area contributed by atoms with Gasteiger partial charge in [-0.05, 0) is 36.4 Å². The summed E-state index contributed by atoms with van der Waals surface area (Å²) in [5, 5.41) is 0. The van der Waals surface area contributed by atoms with Crippen LogP contribution < -0.4 is 9.00 Å². The summed E-state index contributed by atoms with van der Waals surface area (Å²) in [6.07, 6.45) is 0. The molecule has 0 atom stereocenters. The molecule has 4 heterocycles. The molecule has 0 unspecified atom stereocenters. The Morgan fingerprint density at radius 2 is 0.800 bits per heavy atom. The maximum Gasteiger partial charge on any atom is 0.0919 e. The lowest BCUT2D eigenvalue weighted by Crippen LogP contribution is -2.35. The molecule has 4 aromatic heterocycles. The van der Waals surface area contributed by atoms with Gasteiger partial charge >= 0.3 is 0 Å². The molecular weight excluding hydrogens is 608 g/mol. The summed E-state index contributed by atoms with van der Waals surface area (Å²) in [5.74, 6) is 0. The SMILES string of the molecule is C[Si](C)(C)c1sc(-c2ccc(-c3ccc(-c4cc(Br)c([Si](C)(C)C)s4)s3)s2)cc1Br. The van der Waals surface area contributed by atoms with Crippen molar-refractivity contribution in [1.82, 2.24) is 0 Å². The van der Waals surface area contributed by atoms with E-state index in [9.17, 15) is 0 Å². The van der Waals surface area contributed by atoms with E-state index in [1.54, 1.807) is 9.00 Å². The standard InChI is InChI=1S/C22H24Br2S4Si2/c1-29(2,3)21-13(23)11-19(27-21)17-9-7-15(25-17)16-8-10-18(26-16)20-12-14(24)22(28-20)30(4,5)6/h7-12H,1-6H3. The van der Waals surface area contributed by atoms with Crippen molar-refractivity contribution in [3.63, 3.8) is 0 Å². The van der Waals surface area contributed by atoms with Gasteiger partial charge in [-0.15, -0.1) is 45.3 Å². The Kier molecular flexibility index (Phi) is 6.63. The Morgan fingerprint density at radius 1 is 0.500 bits per heavy atom. The molecule has 0 radical (unpaired) electrons. The van der Waals surface area contributed by atoms with Crippen LogP contribution in [0.3, 0.4) is 0 Å². The van der Waals surface area contributed by atoms with Crippen LogP contribution in [0.1, 0.15) is 0 Å². The van der Waals surface area contributed by atoms with Gasteiger partial charge in [0.2, 0.25) is 0 Å². The molecule has 0 bridgehead atoms. The van der Waals surface area contributed by atoms with E-state index >= 15 is 0 Å². The summed E-state index contributed by atoms with van der Waals surface area (Å²) in [4.78, 5) is 8.23. The fraction of sp³-hybridized carbons (Fsp3) is 0.273. The average Bonchev–Trinajstić information content (AvgIpc) is 3.37. The van der Waals surface area contributed by atoms with Gasteiger partial charge in [-0.25, -0.2) is 0 Å². The van der Waals surface area contributed by atoms with Gasteiger partial charge in [0.15, 0.2) is 0 Å². The summed E-state index contributed by atoms with van der Waals surface area (Å²) in [5.41, 5.74) is 0. The van der Waals surface area contributed by atoms with Gasteiger partial charge in [0.05, 0.1) is 16.1 Å². The van der Waals surface area contributed by atoms with E-state index in [-0.39, 0.29) is 0 Å². The molecule has 0 aliphatic rings. The fourth-order valence-electron chi connectivity index (χ4n) is 3.21. The Bertz CT molecular complexity index is 1100. The lowest BCUT2D eigenvalue weighted by Gasteiger charge is -2.13. The second-order valence-electron chi connectivity index (χ2n) is 9.40. The van der Waals surface area contributed by atoms with E-state index in [1.165, 1.54) is 38.2 Å². The molecule has 0 amide bonds. The first-order valence-electron chi connectivity index (χ1n) is 9.74. The monoisotopic (exact) mass is 630 g/mol. The van der Waals surface area contributed by atoms with Crippen molar-refractivity contribution >= 4 is 102 Å². The second kappa shape index (κ2) is 8.52. The molecule has 8 heteroatoms. The van der Waals surface area contributed by atoms with Crippen LogP contribution >= 0.6 is 77.2 Å². The number of halogens is 2. The maximum atomic E-state index is 3.80. The molecule has 30 heavy (non-hydrogen) atoms. The van der Waals surface area contributed by atoms with Crippen molar-refractivity contribution in [3.8, 4) is 29.3 Å². The zero-order valence-electron chi connectivity index (χ0n) is 17.9. The van der Waals surface area contributed by atoms with Gasteiger partial charge in [-0.1, -0.05) is 71.1 Å². The van der Waals surface area contributed by atoms with E-state index in [0.717, 1.165) is 0 Å². The molecule has 0 saturated heterocycles. The Morgan fingerprint density at radius 3 is 1.07 bits per heavy atom. The topological polar surface area (TPSA) is 0 Å². The number of rotatable bonds is 5. The predicted molar refractivity (Wildman–Crippen MR) is 156 cm³/mol. The molecule has 0 aliphatic heterocycles. The van der Waals surface area contributed by atoms with Crippen LogP contribution in [0, 0.1) is 0 Å². The third-order valence-corrected chi connectivity index (χ3v) is 19.4. The minimum Gasteiger partial charge on any atom is -0.143 e. The maximum absolute atomic E-state index is 3.80. The average molecular weight is 633 g/mol. The molecule has 4 rings (SSSR count). The van der Waals surface area contributed by atoms with Crippen LogP contribution in [-0.4, -0.2) is 16.1 Å². The van der Waals surface area contributed by atoms with Crippen molar-refractivity contribution < 1.29 is 0 Å². The Balaban J connectivity index is 1.63. The molecule has 158 valence electrons. The largest absolute Gasteiger partial charge is 0.143 e. The van der Waals surface area contributed by atoms with Crippen LogP contribution in [0.5, 0.6) is 0 Å². The third-order valence-electron chi connectivity index (χ3n) is 4.68. The fourth-order valence-corrected chi connectivity index (χ4v) is 16.6. The predicted octanol–water partition coefficient (Wildman–Crippen LogP) is 9.55. The van der Waals surface area contributed by atoms with Gasteiger partial charge < -0.3 is 0 Å². The Hall–Kier alpha value is 0.194. The third kappa shape index (κ3) is 4.76. The highest BCUT2D eigenvalue weighted by atomic mass is 79.9. The Labute approximate surface area is 214 Å².